The van der Waals surface area contributed by atoms with Crippen LogP contribution in [0, 0.1) is 5.41 Å². The maximum atomic E-state index is 13.4. The number of carbonyl (C=O) groups is 2. The summed E-state index contributed by atoms with van der Waals surface area (Å²) in [7, 11) is 0. The van der Waals surface area contributed by atoms with E-state index in [1.165, 1.54) is 26.0 Å². The fraction of sp³-hybridized carbons (Fsp3) is 0.385. The van der Waals surface area contributed by atoms with Crippen LogP contribution in [-0.4, -0.2) is 61.4 Å². The summed E-state index contributed by atoms with van der Waals surface area (Å²) in [5.41, 5.74) is -0.282. The molecule has 0 spiro atoms. The van der Waals surface area contributed by atoms with Gasteiger partial charge in [-0.25, -0.2) is 0 Å². The quantitative estimate of drug-likeness (QED) is 0.632. The van der Waals surface area contributed by atoms with Gasteiger partial charge in [0.25, 0.3) is 5.91 Å². The first-order chi connectivity index (χ1) is 17.0. The summed E-state index contributed by atoms with van der Waals surface area (Å²) >= 11 is 0. The molecule has 2 aliphatic rings. The lowest BCUT2D eigenvalue weighted by molar-refractivity contribution is -0.148. The molecule has 0 bridgehead atoms. The van der Waals surface area contributed by atoms with Crippen molar-refractivity contribution >= 4 is 17.4 Å². The van der Waals surface area contributed by atoms with E-state index in [0.29, 0.717) is 60.1 Å². The lowest BCUT2D eigenvalue weighted by atomic mass is 9.89. The lowest BCUT2D eigenvalue weighted by Gasteiger charge is -2.31. The first-order valence-corrected chi connectivity index (χ1v) is 11.4. The average Bonchev–Trinajstić information content (AvgIpc) is 2.86. The molecule has 2 aromatic carbocycles. The number of halogens is 3. The normalized spacial score (nSPS) is 16.3. The van der Waals surface area contributed by atoms with Crippen LogP contribution in [-0.2, 0) is 20.5 Å². The Bertz CT molecular complexity index is 1180. The van der Waals surface area contributed by atoms with Crippen LogP contribution in [0.25, 0.3) is 5.57 Å². The highest BCUT2D eigenvalue weighted by Gasteiger charge is 2.33. The van der Waals surface area contributed by atoms with Gasteiger partial charge in [-0.15, -0.1) is 0 Å². The van der Waals surface area contributed by atoms with E-state index in [9.17, 15) is 27.9 Å². The molecule has 10 heteroatoms. The molecule has 2 aromatic rings. The standard InChI is InChI=1S/C26H26F3NO6/c1-25(2,24(32)33)15-36-18-7-8-21-19(13-18)22(16-3-5-17(6-4-16)26(27,28)29)20(14-35-21)23(31)30-9-11-34-12-10-30/h3-8,13H,9-12,14-15H2,1-2H3,(H,32,33). The number of ether oxygens (including phenoxy) is 3. The van der Waals surface area contributed by atoms with Crippen LogP contribution < -0.4 is 9.47 Å². The SMILES string of the molecule is CC(C)(COc1ccc2c(c1)C(c1ccc(C(F)(F)F)cc1)=C(C(=O)N1CCOCC1)CO2)C(=O)O. The molecule has 1 fully saturated rings. The molecule has 1 N–H and O–H groups in total. The topological polar surface area (TPSA) is 85.3 Å². The number of carbonyl (C=O) groups excluding carboxylic acids is 1. The zero-order valence-corrected chi connectivity index (χ0v) is 19.9. The van der Waals surface area contributed by atoms with E-state index in [-0.39, 0.29) is 19.1 Å². The summed E-state index contributed by atoms with van der Waals surface area (Å²) in [4.78, 5) is 26.5. The molecule has 2 heterocycles. The molecule has 0 aromatic heterocycles. The van der Waals surface area contributed by atoms with Crippen molar-refractivity contribution in [1.82, 2.24) is 4.90 Å². The Kier molecular flexibility index (Phi) is 6.99. The monoisotopic (exact) mass is 505 g/mol. The third kappa shape index (κ3) is 5.33. The molecule has 0 unspecified atom stereocenters. The summed E-state index contributed by atoms with van der Waals surface area (Å²) in [6, 6.07) is 9.50. The second-order valence-corrected chi connectivity index (χ2v) is 9.26. The fourth-order valence-electron chi connectivity index (χ4n) is 3.91. The Balaban J connectivity index is 1.78. The Morgan fingerprint density at radius 3 is 2.33 bits per heavy atom. The van der Waals surface area contributed by atoms with Gasteiger partial charge in [0.1, 0.15) is 24.7 Å². The highest BCUT2D eigenvalue weighted by molar-refractivity contribution is 6.06. The van der Waals surface area contributed by atoms with Gasteiger partial charge in [-0.1, -0.05) is 12.1 Å². The van der Waals surface area contributed by atoms with Crippen molar-refractivity contribution < 1.29 is 42.1 Å². The van der Waals surface area contributed by atoms with Gasteiger partial charge >= 0.3 is 12.1 Å². The molecule has 0 saturated carbocycles. The van der Waals surface area contributed by atoms with E-state index in [1.54, 1.807) is 23.1 Å². The predicted molar refractivity (Wildman–Crippen MR) is 124 cm³/mol. The number of rotatable bonds is 6. The van der Waals surface area contributed by atoms with E-state index in [1.807, 2.05) is 0 Å². The van der Waals surface area contributed by atoms with Gasteiger partial charge < -0.3 is 24.2 Å². The molecule has 36 heavy (non-hydrogen) atoms. The summed E-state index contributed by atoms with van der Waals surface area (Å²) < 4.78 is 56.4. The van der Waals surface area contributed by atoms with Gasteiger partial charge in [0.2, 0.25) is 0 Å². The summed E-state index contributed by atoms with van der Waals surface area (Å²) in [5, 5.41) is 9.36. The van der Waals surface area contributed by atoms with Crippen molar-refractivity contribution in [3.05, 3.63) is 64.7 Å². The Hall–Kier alpha value is -3.53. The minimum atomic E-state index is -4.50. The number of alkyl halides is 3. The number of hydrogen-bond acceptors (Lipinski definition) is 5. The maximum absolute atomic E-state index is 13.4. The third-order valence-electron chi connectivity index (χ3n) is 6.13. The predicted octanol–water partition coefficient (Wildman–Crippen LogP) is 4.25. The van der Waals surface area contributed by atoms with Crippen molar-refractivity contribution in [2.75, 3.05) is 39.5 Å². The zero-order chi connectivity index (χ0) is 26.1. The van der Waals surface area contributed by atoms with E-state index in [2.05, 4.69) is 0 Å². The van der Waals surface area contributed by atoms with Crippen LogP contribution in [0.4, 0.5) is 13.2 Å². The second-order valence-electron chi connectivity index (χ2n) is 9.26. The number of amides is 1. The highest BCUT2D eigenvalue weighted by Crippen LogP contribution is 2.41. The van der Waals surface area contributed by atoms with Crippen LogP contribution >= 0.6 is 0 Å². The number of aliphatic carboxylic acids is 1. The van der Waals surface area contributed by atoms with Crippen molar-refractivity contribution in [2.24, 2.45) is 5.41 Å². The smallest absolute Gasteiger partial charge is 0.416 e. The molecule has 0 aliphatic carbocycles. The Morgan fingerprint density at radius 2 is 1.72 bits per heavy atom. The average molecular weight is 505 g/mol. The summed E-state index contributed by atoms with van der Waals surface area (Å²) in [6.45, 7) is 4.47. The van der Waals surface area contributed by atoms with Crippen molar-refractivity contribution in [3.63, 3.8) is 0 Å². The van der Waals surface area contributed by atoms with Crippen LogP contribution in [0.5, 0.6) is 11.5 Å². The first-order valence-electron chi connectivity index (χ1n) is 11.4. The molecule has 7 nitrogen and oxygen atoms in total. The van der Waals surface area contributed by atoms with E-state index in [0.717, 1.165) is 12.1 Å². The number of carboxylic acids is 1. The number of nitrogens with zero attached hydrogens (tertiary/aromatic N) is 1. The van der Waals surface area contributed by atoms with Gasteiger partial charge in [0, 0.05) is 24.2 Å². The molecule has 0 radical (unpaired) electrons. The molecule has 4 rings (SSSR count). The fourth-order valence-corrected chi connectivity index (χ4v) is 3.91. The molecular weight excluding hydrogens is 479 g/mol. The molecule has 0 atom stereocenters. The van der Waals surface area contributed by atoms with E-state index >= 15 is 0 Å². The minimum absolute atomic E-state index is 0.0498. The van der Waals surface area contributed by atoms with Crippen LogP contribution in [0.1, 0.15) is 30.5 Å². The molecule has 1 saturated heterocycles. The van der Waals surface area contributed by atoms with Crippen molar-refractivity contribution in [3.8, 4) is 11.5 Å². The summed E-state index contributed by atoms with van der Waals surface area (Å²) in [6.07, 6.45) is -4.50. The van der Waals surface area contributed by atoms with Gasteiger partial charge in [-0.3, -0.25) is 9.59 Å². The highest BCUT2D eigenvalue weighted by atomic mass is 19.4. The van der Waals surface area contributed by atoms with Gasteiger partial charge in [-0.2, -0.15) is 13.2 Å². The lowest BCUT2D eigenvalue weighted by Crippen LogP contribution is -2.42. The minimum Gasteiger partial charge on any atom is -0.492 e. The Labute approximate surface area is 206 Å². The number of morpholine rings is 1. The van der Waals surface area contributed by atoms with Gasteiger partial charge in [0.05, 0.1) is 29.8 Å². The van der Waals surface area contributed by atoms with E-state index in [4.69, 9.17) is 14.2 Å². The third-order valence-corrected chi connectivity index (χ3v) is 6.13. The van der Waals surface area contributed by atoms with Crippen LogP contribution in [0.3, 0.4) is 0 Å². The second kappa shape index (κ2) is 9.85. The maximum Gasteiger partial charge on any atom is 0.416 e. The van der Waals surface area contributed by atoms with E-state index < -0.39 is 23.1 Å². The molecule has 1 amide bonds. The van der Waals surface area contributed by atoms with Crippen molar-refractivity contribution in [2.45, 2.75) is 20.0 Å². The van der Waals surface area contributed by atoms with Crippen LogP contribution in [0.2, 0.25) is 0 Å². The first kappa shape index (κ1) is 25.6. The van der Waals surface area contributed by atoms with Gasteiger partial charge in [-0.05, 0) is 49.7 Å². The molecule has 2 aliphatic heterocycles. The number of hydrogen-bond donors (Lipinski definition) is 1. The largest absolute Gasteiger partial charge is 0.492 e. The summed E-state index contributed by atoms with van der Waals surface area (Å²) in [5.74, 6) is -0.519. The number of fused-ring (bicyclic) bond motifs is 1. The number of benzene rings is 2. The Morgan fingerprint density at radius 1 is 1.06 bits per heavy atom. The zero-order valence-electron chi connectivity index (χ0n) is 19.9. The van der Waals surface area contributed by atoms with Crippen LogP contribution in [0.15, 0.2) is 48.0 Å². The van der Waals surface area contributed by atoms with Crippen molar-refractivity contribution in [1.29, 1.82) is 0 Å². The van der Waals surface area contributed by atoms with Gasteiger partial charge in [0.15, 0.2) is 0 Å². The molecular formula is C26H26F3NO6. The number of carboxylic acid groups (broad SMARTS) is 1. The molecule has 192 valence electrons.